The minimum absolute atomic E-state index is 0.00325. The van der Waals surface area contributed by atoms with Gasteiger partial charge in [0.05, 0.1) is 6.54 Å². The van der Waals surface area contributed by atoms with Gasteiger partial charge >= 0.3 is 0 Å². The summed E-state index contributed by atoms with van der Waals surface area (Å²) in [6.07, 6.45) is 9.69. The first-order valence-electron chi connectivity index (χ1n) is 11.4. The van der Waals surface area contributed by atoms with Crippen molar-refractivity contribution in [3.8, 4) is 0 Å². The molecule has 30 heavy (non-hydrogen) atoms. The zero-order valence-corrected chi connectivity index (χ0v) is 17.5. The average molecular weight is 410 g/mol. The summed E-state index contributed by atoms with van der Waals surface area (Å²) in [6, 6.07) is 7.34. The van der Waals surface area contributed by atoms with E-state index in [2.05, 4.69) is 10.6 Å². The van der Waals surface area contributed by atoms with Crippen LogP contribution in [0.15, 0.2) is 24.3 Å². The molecule has 0 unspecified atom stereocenters. The average Bonchev–Trinajstić information content (AvgIpc) is 3.11. The maximum absolute atomic E-state index is 12.6. The maximum Gasteiger partial charge on any atom is 0.243 e. The number of hydrogen-bond donors (Lipinski definition) is 2. The van der Waals surface area contributed by atoms with Crippen LogP contribution in [0.4, 0.5) is 11.4 Å². The number of anilines is 2. The number of nitrogens with one attached hydrogen (secondary N) is 2. The van der Waals surface area contributed by atoms with Crippen LogP contribution < -0.4 is 15.5 Å². The summed E-state index contributed by atoms with van der Waals surface area (Å²) in [7, 11) is 0. The van der Waals surface area contributed by atoms with Crippen molar-refractivity contribution < 1.29 is 14.4 Å². The van der Waals surface area contributed by atoms with Crippen LogP contribution >= 0.6 is 0 Å². The van der Waals surface area contributed by atoms with E-state index in [9.17, 15) is 14.4 Å². The Morgan fingerprint density at radius 3 is 2.37 bits per heavy atom. The minimum Gasteiger partial charge on any atom is -0.347 e. The molecule has 5 fully saturated rings. The molecule has 4 bridgehead atoms. The monoisotopic (exact) mass is 409 g/mol. The van der Waals surface area contributed by atoms with Gasteiger partial charge in [-0.15, -0.1) is 0 Å². The van der Waals surface area contributed by atoms with E-state index in [0.717, 1.165) is 36.4 Å². The highest BCUT2D eigenvalue weighted by Gasteiger charge is 2.51. The number of rotatable bonds is 6. The normalized spacial score (nSPS) is 31.8. The SMILES string of the molecule is O=C(CC12CC3CC(CC(C3)C1)C2)NCC(=O)Nc1cccc(N2CCCC2=O)c1. The van der Waals surface area contributed by atoms with Crippen LogP contribution in [0.1, 0.15) is 57.8 Å². The Hall–Kier alpha value is -2.37. The fraction of sp³-hybridized carbons (Fsp3) is 0.625. The van der Waals surface area contributed by atoms with Crippen LogP contribution in [0.5, 0.6) is 0 Å². The van der Waals surface area contributed by atoms with E-state index in [0.29, 0.717) is 18.5 Å². The summed E-state index contributed by atoms with van der Waals surface area (Å²) < 4.78 is 0. The second kappa shape index (κ2) is 7.71. The van der Waals surface area contributed by atoms with E-state index in [4.69, 9.17) is 0 Å². The molecule has 6 nitrogen and oxygen atoms in total. The summed E-state index contributed by atoms with van der Waals surface area (Å²) in [5.74, 6) is 2.35. The molecule has 1 saturated heterocycles. The molecule has 160 valence electrons. The number of amides is 3. The smallest absolute Gasteiger partial charge is 0.243 e. The van der Waals surface area contributed by atoms with Crippen LogP contribution in [-0.2, 0) is 14.4 Å². The number of carbonyl (C=O) groups is 3. The van der Waals surface area contributed by atoms with Crippen molar-refractivity contribution in [2.45, 2.75) is 57.8 Å². The Balaban J connectivity index is 1.12. The van der Waals surface area contributed by atoms with E-state index in [1.54, 1.807) is 11.0 Å². The van der Waals surface area contributed by atoms with Gasteiger partial charge in [-0.05, 0) is 86.3 Å². The van der Waals surface area contributed by atoms with Gasteiger partial charge < -0.3 is 15.5 Å². The van der Waals surface area contributed by atoms with Crippen molar-refractivity contribution in [3.05, 3.63) is 24.3 Å². The van der Waals surface area contributed by atoms with Gasteiger partial charge in [0.15, 0.2) is 0 Å². The third-order valence-electron chi connectivity index (χ3n) is 7.66. The van der Waals surface area contributed by atoms with Crippen molar-refractivity contribution in [2.24, 2.45) is 23.2 Å². The molecule has 0 atom stereocenters. The highest BCUT2D eigenvalue weighted by Crippen LogP contribution is 2.61. The minimum atomic E-state index is -0.237. The molecular formula is C24H31N3O3. The largest absolute Gasteiger partial charge is 0.347 e. The molecule has 1 aromatic rings. The van der Waals surface area contributed by atoms with Gasteiger partial charge in [0, 0.05) is 30.8 Å². The molecule has 1 aromatic carbocycles. The molecule has 2 N–H and O–H groups in total. The predicted molar refractivity (Wildman–Crippen MR) is 115 cm³/mol. The van der Waals surface area contributed by atoms with Gasteiger partial charge in [0.25, 0.3) is 0 Å². The molecule has 6 rings (SSSR count). The molecule has 3 amide bonds. The van der Waals surface area contributed by atoms with Crippen molar-refractivity contribution in [2.75, 3.05) is 23.3 Å². The molecule has 0 radical (unpaired) electrons. The Morgan fingerprint density at radius 1 is 1.03 bits per heavy atom. The van der Waals surface area contributed by atoms with Gasteiger partial charge in [-0.3, -0.25) is 14.4 Å². The second-order valence-corrected chi connectivity index (χ2v) is 10.1. The summed E-state index contributed by atoms with van der Waals surface area (Å²) in [5, 5.41) is 5.68. The van der Waals surface area contributed by atoms with Crippen molar-refractivity contribution >= 4 is 29.1 Å². The maximum atomic E-state index is 12.6. The molecule has 0 spiro atoms. The zero-order chi connectivity index (χ0) is 20.7. The Bertz CT molecular complexity index is 830. The molecule has 5 aliphatic rings. The number of hydrogen-bond acceptors (Lipinski definition) is 3. The molecule has 1 aliphatic heterocycles. The summed E-state index contributed by atoms with van der Waals surface area (Å²) in [4.78, 5) is 38.7. The van der Waals surface area contributed by atoms with Gasteiger partial charge in [-0.2, -0.15) is 0 Å². The standard InChI is InChI=1S/C24H31N3O3/c28-21(14-24-11-16-7-17(12-24)9-18(8-16)13-24)25-15-22(29)26-19-3-1-4-20(10-19)27-6-2-5-23(27)30/h1,3-4,10,16-18H,2,5-9,11-15H2,(H,25,28)(H,26,29). The topological polar surface area (TPSA) is 78.5 Å². The fourth-order valence-corrected chi connectivity index (χ4v) is 6.97. The van der Waals surface area contributed by atoms with Crippen LogP contribution in [0.25, 0.3) is 0 Å². The summed E-state index contributed by atoms with van der Waals surface area (Å²) >= 11 is 0. The number of benzene rings is 1. The number of carbonyl (C=O) groups excluding carboxylic acids is 3. The zero-order valence-electron chi connectivity index (χ0n) is 17.5. The van der Waals surface area contributed by atoms with E-state index in [1.807, 2.05) is 18.2 Å². The van der Waals surface area contributed by atoms with Gasteiger partial charge in [-0.25, -0.2) is 0 Å². The van der Waals surface area contributed by atoms with E-state index in [-0.39, 0.29) is 29.7 Å². The first-order valence-corrected chi connectivity index (χ1v) is 11.4. The number of nitrogens with zero attached hydrogens (tertiary/aromatic N) is 1. The lowest BCUT2D eigenvalue weighted by Crippen LogP contribution is -2.48. The predicted octanol–water partition coefficient (Wildman–Crippen LogP) is 3.47. The lowest BCUT2D eigenvalue weighted by Gasteiger charge is -2.56. The van der Waals surface area contributed by atoms with Crippen LogP contribution in [0.2, 0.25) is 0 Å². The highest BCUT2D eigenvalue weighted by molar-refractivity contribution is 5.98. The summed E-state index contributed by atoms with van der Waals surface area (Å²) in [6.45, 7) is 0.703. The van der Waals surface area contributed by atoms with Crippen molar-refractivity contribution in [3.63, 3.8) is 0 Å². The third-order valence-corrected chi connectivity index (χ3v) is 7.66. The molecule has 4 saturated carbocycles. The van der Waals surface area contributed by atoms with E-state index < -0.39 is 0 Å². The highest BCUT2D eigenvalue weighted by atomic mass is 16.2. The lowest BCUT2D eigenvalue weighted by atomic mass is 9.49. The van der Waals surface area contributed by atoms with Crippen molar-refractivity contribution in [1.82, 2.24) is 5.32 Å². The van der Waals surface area contributed by atoms with Crippen LogP contribution in [0.3, 0.4) is 0 Å². The molecule has 0 aromatic heterocycles. The first kappa shape index (κ1) is 19.6. The molecule has 1 heterocycles. The van der Waals surface area contributed by atoms with Crippen molar-refractivity contribution in [1.29, 1.82) is 0 Å². The Morgan fingerprint density at radius 2 is 1.73 bits per heavy atom. The second-order valence-electron chi connectivity index (χ2n) is 10.1. The van der Waals surface area contributed by atoms with Crippen LogP contribution in [-0.4, -0.2) is 30.8 Å². The molecule has 6 heteroatoms. The summed E-state index contributed by atoms with van der Waals surface area (Å²) in [5.41, 5.74) is 1.64. The molecule has 4 aliphatic carbocycles. The molecular weight excluding hydrogens is 378 g/mol. The fourth-order valence-electron chi connectivity index (χ4n) is 6.97. The quantitative estimate of drug-likeness (QED) is 0.755. The van der Waals surface area contributed by atoms with Gasteiger partial charge in [-0.1, -0.05) is 6.07 Å². The Labute approximate surface area is 177 Å². The third kappa shape index (κ3) is 3.96. The van der Waals surface area contributed by atoms with Gasteiger partial charge in [0.2, 0.25) is 17.7 Å². The Kier molecular flexibility index (Phi) is 5.03. The van der Waals surface area contributed by atoms with E-state index >= 15 is 0 Å². The van der Waals surface area contributed by atoms with Crippen LogP contribution in [0, 0.1) is 23.2 Å². The lowest BCUT2D eigenvalue weighted by molar-refractivity contribution is -0.131. The first-order chi connectivity index (χ1) is 14.5. The van der Waals surface area contributed by atoms with E-state index in [1.165, 1.54) is 38.5 Å². The van der Waals surface area contributed by atoms with Gasteiger partial charge in [0.1, 0.15) is 0 Å².